The van der Waals surface area contributed by atoms with Gasteiger partial charge in [0.25, 0.3) is 5.56 Å². The Morgan fingerprint density at radius 2 is 2.00 bits per heavy atom. The van der Waals surface area contributed by atoms with Crippen LogP contribution in [0.25, 0.3) is 10.3 Å². The zero-order valence-corrected chi connectivity index (χ0v) is 19.5. The van der Waals surface area contributed by atoms with Gasteiger partial charge in [0.2, 0.25) is 5.91 Å². The molecule has 1 fully saturated rings. The predicted octanol–water partition coefficient (Wildman–Crippen LogP) is 2.33. The first-order chi connectivity index (χ1) is 15.7. The van der Waals surface area contributed by atoms with Gasteiger partial charge >= 0.3 is 5.92 Å². The summed E-state index contributed by atoms with van der Waals surface area (Å²) in [4.78, 5) is 37.5. The maximum absolute atomic E-state index is 14.7. The zero-order valence-electron chi connectivity index (χ0n) is 18.7. The van der Waals surface area contributed by atoms with Crippen molar-refractivity contribution in [1.29, 1.82) is 0 Å². The molecule has 4 rings (SSSR count). The number of rotatable bonds is 7. The molecular weight excluding hydrogens is 450 g/mol. The summed E-state index contributed by atoms with van der Waals surface area (Å²) < 4.78 is 30.3. The second-order valence-electron chi connectivity index (χ2n) is 8.45. The molecule has 1 atom stereocenters. The van der Waals surface area contributed by atoms with Crippen molar-refractivity contribution in [2.75, 3.05) is 32.1 Å². The zero-order chi connectivity index (χ0) is 23.8. The normalized spacial score (nSPS) is 16.7. The third-order valence-corrected chi connectivity index (χ3v) is 6.57. The average molecular weight is 477 g/mol. The number of alkyl halides is 2. The van der Waals surface area contributed by atoms with Crippen molar-refractivity contribution in [1.82, 2.24) is 24.8 Å². The number of nitrogens with one attached hydrogen (secondary N) is 1. The first kappa shape index (κ1) is 23.2. The summed E-state index contributed by atoms with van der Waals surface area (Å²) in [6, 6.07) is 9.17. The van der Waals surface area contributed by atoms with Gasteiger partial charge in [0, 0.05) is 20.1 Å². The number of hydrogen-bond donors (Lipinski definition) is 1. The highest BCUT2D eigenvalue weighted by atomic mass is 32.1. The van der Waals surface area contributed by atoms with E-state index in [9.17, 15) is 18.4 Å². The summed E-state index contributed by atoms with van der Waals surface area (Å²) >= 11 is 1.07. The molecule has 3 aromatic rings. The molecule has 0 saturated carbocycles. The van der Waals surface area contributed by atoms with Gasteiger partial charge in [0.15, 0.2) is 21.3 Å². The molecule has 1 N–H and O–H groups in total. The molecule has 33 heavy (non-hydrogen) atoms. The molecule has 0 radical (unpaired) electrons. The molecule has 176 valence electrons. The van der Waals surface area contributed by atoms with Crippen molar-refractivity contribution >= 4 is 32.7 Å². The van der Waals surface area contributed by atoms with Crippen LogP contribution in [0.2, 0.25) is 0 Å². The van der Waals surface area contributed by atoms with Crippen molar-refractivity contribution < 1.29 is 13.6 Å². The summed E-state index contributed by atoms with van der Waals surface area (Å²) in [5.41, 5.74) is 0.409. The van der Waals surface area contributed by atoms with Crippen LogP contribution in [0.1, 0.15) is 24.2 Å². The Morgan fingerprint density at radius 1 is 1.27 bits per heavy atom. The summed E-state index contributed by atoms with van der Waals surface area (Å²) in [7, 11) is 4.35. The van der Waals surface area contributed by atoms with Crippen molar-refractivity contribution in [2.24, 2.45) is 7.05 Å². The van der Waals surface area contributed by atoms with Crippen LogP contribution in [-0.4, -0.2) is 58.6 Å². The second kappa shape index (κ2) is 9.14. The first-order valence-electron chi connectivity index (χ1n) is 10.7. The van der Waals surface area contributed by atoms with E-state index in [-0.39, 0.29) is 16.3 Å². The van der Waals surface area contributed by atoms with Gasteiger partial charge in [-0.2, -0.15) is 8.78 Å². The highest BCUT2D eigenvalue weighted by Crippen LogP contribution is 2.33. The van der Waals surface area contributed by atoms with E-state index in [4.69, 9.17) is 0 Å². The number of benzene rings is 1. The van der Waals surface area contributed by atoms with Gasteiger partial charge in [0.05, 0.1) is 6.54 Å². The van der Waals surface area contributed by atoms with E-state index in [0.29, 0.717) is 24.6 Å². The fourth-order valence-electron chi connectivity index (χ4n) is 4.03. The van der Waals surface area contributed by atoms with Crippen LogP contribution in [0.5, 0.6) is 0 Å². The molecule has 0 spiro atoms. The number of nitrogens with zero attached hydrogens (tertiary/aromatic N) is 5. The average Bonchev–Trinajstić information content (AvgIpc) is 3.41. The Kier molecular flexibility index (Phi) is 6.44. The first-order valence-corrected chi connectivity index (χ1v) is 11.5. The van der Waals surface area contributed by atoms with E-state index in [1.54, 1.807) is 0 Å². The molecule has 1 saturated heterocycles. The van der Waals surface area contributed by atoms with Crippen LogP contribution in [0, 0.1) is 0 Å². The number of anilines is 1. The number of carbonyl (C=O) groups excluding carboxylic acids is 1. The van der Waals surface area contributed by atoms with Gasteiger partial charge in [-0.1, -0.05) is 41.7 Å². The Balaban J connectivity index is 1.60. The molecule has 0 aliphatic carbocycles. The van der Waals surface area contributed by atoms with Crippen LogP contribution in [-0.2, 0) is 24.3 Å². The lowest BCUT2D eigenvalue weighted by molar-refractivity contribution is -0.122. The molecule has 3 heterocycles. The van der Waals surface area contributed by atoms with E-state index < -0.39 is 29.9 Å². The fourth-order valence-corrected chi connectivity index (χ4v) is 5.04. The Bertz CT molecular complexity index is 1210. The number of aromatic nitrogens is 3. The molecule has 1 aromatic carbocycles. The molecule has 1 amide bonds. The van der Waals surface area contributed by atoms with E-state index >= 15 is 0 Å². The molecule has 1 unspecified atom stereocenters. The van der Waals surface area contributed by atoms with Gasteiger partial charge in [-0.15, -0.1) is 0 Å². The van der Waals surface area contributed by atoms with Crippen LogP contribution < -0.4 is 15.8 Å². The van der Waals surface area contributed by atoms with Crippen LogP contribution >= 0.6 is 11.3 Å². The summed E-state index contributed by atoms with van der Waals surface area (Å²) in [6.07, 6.45) is 1.44. The summed E-state index contributed by atoms with van der Waals surface area (Å²) in [6.45, 7) is 0.434. The van der Waals surface area contributed by atoms with Crippen molar-refractivity contribution in [3.05, 3.63) is 52.1 Å². The lowest BCUT2D eigenvalue weighted by Gasteiger charge is -2.23. The third-order valence-electron chi connectivity index (χ3n) is 5.58. The number of carbonyl (C=O) groups is 1. The number of fused-ring (bicyclic) bond motifs is 1. The molecule has 1 aliphatic rings. The molecule has 8 nitrogen and oxygen atoms in total. The topological polar surface area (TPSA) is 83.4 Å². The van der Waals surface area contributed by atoms with Gasteiger partial charge < -0.3 is 15.1 Å². The Labute approximate surface area is 193 Å². The van der Waals surface area contributed by atoms with Gasteiger partial charge in [-0.25, -0.2) is 9.97 Å². The smallest absolute Gasteiger partial charge is 0.317 e. The maximum Gasteiger partial charge on any atom is 0.317 e. The van der Waals surface area contributed by atoms with Crippen LogP contribution in [0.15, 0.2) is 35.1 Å². The number of halogens is 2. The largest absolute Gasteiger partial charge is 0.350 e. The molecule has 1 aliphatic heterocycles. The highest BCUT2D eigenvalue weighted by molar-refractivity contribution is 7.21. The minimum Gasteiger partial charge on any atom is -0.350 e. The quantitative estimate of drug-likeness (QED) is 0.564. The van der Waals surface area contributed by atoms with Gasteiger partial charge in [-0.3, -0.25) is 14.2 Å². The molecule has 11 heteroatoms. The van der Waals surface area contributed by atoms with Crippen LogP contribution in [0.3, 0.4) is 0 Å². The minimum atomic E-state index is -3.30. The SMILES string of the molecule is CN(C)CC(F)(F)c1nc2sc(N3CCCC3C(=O)NCc3ccccc3)nc2c(=O)n1C. The molecular formula is C22H26F2N6O2S. The van der Waals surface area contributed by atoms with Crippen LogP contribution in [0.4, 0.5) is 13.9 Å². The molecule has 0 bridgehead atoms. The Hall–Kier alpha value is -2.92. The van der Waals surface area contributed by atoms with E-state index in [1.807, 2.05) is 35.2 Å². The van der Waals surface area contributed by atoms with Crippen molar-refractivity contribution in [3.63, 3.8) is 0 Å². The number of likely N-dealkylation sites (N-methyl/N-ethyl adjacent to an activating group) is 1. The molecule has 2 aromatic heterocycles. The van der Waals surface area contributed by atoms with E-state index in [0.717, 1.165) is 27.9 Å². The van der Waals surface area contributed by atoms with Crippen molar-refractivity contribution in [2.45, 2.75) is 31.4 Å². The lowest BCUT2D eigenvalue weighted by atomic mass is 10.2. The second-order valence-corrected chi connectivity index (χ2v) is 9.40. The Morgan fingerprint density at radius 3 is 2.70 bits per heavy atom. The number of hydrogen-bond acceptors (Lipinski definition) is 7. The van der Waals surface area contributed by atoms with Gasteiger partial charge in [0.1, 0.15) is 6.04 Å². The predicted molar refractivity (Wildman–Crippen MR) is 124 cm³/mol. The highest BCUT2D eigenvalue weighted by Gasteiger charge is 2.38. The monoisotopic (exact) mass is 476 g/mol. The summed E-state index contributed by atoms with van der Waals surface area (Å²) in [5, 5.41) is 3.40. The minimum absolute atomic E-state index is 0.0391. The number of thiazole rings is 1. The van der Waals surface area contributed by atoms with Gasteiger partial charge in [-0.05, 0) is 32.5 Å². The third kappa shape index (κ3) is 4.74. The van der Waals surface area contributed by atoms with Crippen molar-refractivity contribution in [3.8, 4) is 0 Å². The van der Waals surface area contributed by atoms with E-state index in [1.165, 1.54) is 26.0 Å². The maximum atomic E-state index is 14.7. The number of amides is 1. The summed E-state index contributed by atoms with van der Waals surface area (Å²) in [5.74, 6) is -4.03. The standard InChI is InChI=1S/C22H26F2N6O2S/c1-28(2)13-22(23,24)20-27-18-16(19(32)29(20)3)26-21(33-18)30-11-7-10-15(30)17(31)25-12-14-8-5-4-6-9-14/h4-6,8-9,15H,7,10-13H2,1-3H3,(H,25,31). The lowest BCUT2D eigenvalue weighted by Crippen LogP contribution is -2.43. The fraction of sp³-hybridized carbons (Fsp3) is 0.455. The van der Waals surface area contributed by atoms with E-state index in [2.05, 4.69) is 15.3 Å².